The Kier molecular flexibility index (Phi) is 4.77. The van der Waals surface area contributed by atoms with Gasteiger partial charge >= 0.3 is 0 Å². The van der Waals surface area contributed by atoms with Crippen molar-refractivity contribution in [2.75, 3.05) is 5.32 Å². The number of fused-ring (bicyclic) bond motifs is 1. The molecule has 2 N–H and O–H groups in total. The molecule has 0 saturated carbocycles. The fourth-order valence-corrected chi connectivity index (χ4v) is 2.55. The number of nitrogens with one attached hydrogen (secondary N) is 2. The number of aromatic amines is 1. The molecule has 0 saturated heterocycles. The van der Waals surface area contributed by atoms with Crippen molar-refractivity contribution in [3.05, 3.63) is 29.8 Å². The maximum Gasteiger partial charge on any atom is 0.221 e. The minimum Gasteiger partial charge on any atom is -0.323 e. The molecule has 3 aromatic rings. The highest BCUT2D eigenvalue weighted by Gasteiger charge is 2.26. The van der Waals surface area contributed by atoms with Crippen LogP contribution in [0.4, 0.5) is 17.2 Å². The molecule has 3 rings (SSSR count). The smallest absolute Gasteiger partial charge is 0.221 e. The Morgan fingerprint density at radius 1 is 1.30 bits per heavy atom. The molecule has 9 heteroatoms. The quantitative estimate of drug-likeness (QED) is 0.670. The van der Waals surface area contributed by atoms with Crippen LogP contribution < -0.4 is 5.32 Å². The molecule has 0 aliphatic carbocycles. The molecule has 0 aliphatic rings. The number of anilines is 1. The predicted molar refractivity (Wildman–Crippen MR) is 103 cm³/mol. The number of carbonyl (C=O) groups is 1. The van der Waals surface area contributed by atoms with Gasteiger partial charge in [0.2, 0.25) is 11.6 Å². The van der Waals surface area contributed by atoms with Gasteiger partial charge in [-0.2, -0.15) is 4.63 Å². The molecule has 0 aliphatic heterocycles. The van der Waals surface area contributed by atoms with Crippen molar-refractivity contribution in [3.8, 4) is 0 Å². The Labute approximate surface area is 157 Å². The molecular formula is C18H24N8O. The number of rotatable bonds is 4. The molecule has 0 atom stereocenters. The van der Waals surface area contributed by atoms with Crippen LogP contribution in [0.5, 0.6) is 0 Å². The van der Waals surface area contributed by atoms with Crippen molar-refractivity contribution < 1.29 is 4.79 Å². The molecule has 9 nitrogen and oxygen atoms in total. The Morgan fingerprint density at radius 3 is 2.67 bits per heavy atom. The Hall–Kier alpha value is -3.10. The Balaban J connectivity index is 2.10. The third-order valence-electron chi connectivity index (χ3n) is 3.90. The van der Waals surface area contributed by atoms with Crippen molar-refractivity contribution in [2.45, 2.75) is 52.9 Å². The van der Waals surface area contributed by atoms with Crippen LogP contribution >= 0.6 is 0 Å². The molecule has 27 heavy (non-hydrogen) atoms. The zero-order chi connectivity index (χ0) is 19.8. The van der Waals surface area contributed by atoms with E-state index in [1.54, 1.807) is 23.0 Å². The lowest BCUT2D eigenvalue weighted by molar-refractivity contribution is -0.114. The van der Waals surface area contributed by atoms with Gasteiger partial charge in [0.25, 0.3) is 0 Å². The van der Waals surface area contributed by atoms with Crippen LogP contribution in [-0.4, -0.2) is 30.7 Å². The molecule has 0 fully saturated rings. The lowest BCUT2D eigenvalue weighted by Crippen LogP contribution is -2.12. The van der Waals surface area contributed by atoms with Gasteiger partial charge in [0.15, 0.2) is 17.3 Å². The molecule has 3 heterocycles. The largest absolute Gasteiger partial charge is 0.323 e. The molecule has 0 unspecified atom stereocenters. The highest BCUT2D eigenvalue weighted by Crippen LogP contribution is 2.35. The van der Waals surface area contributed by atoms with Gasteiger partial charge in [-0.25, -0.2) is 9.97 Å². The second-order valence-corrected chi connectivity index (χ2v) is 7.70. The van der Waals surface area contributed by atoms with E-state index in [0.717, 1.165) is 11.5 Å². The molecule has 3 aromatic heterocycles. The normalized spacial score (nSPS) is 12.4. The maximum absolute atomic E-state index is 11.4. The van der Waals surface area contributed by atoms with E-state index in [9.17, 15) is 4.79 Å². The fraction of sp³-hybridized carbons (Fsp3) is 0.444. The summed E-state index contributed by atoms with van der Waals surface area (Å²) in [5, 5.41) is 19.2. The summed E-state index contributed by atoms with van der Waals surface area (Å²) < 4.78 is 1.64. The first kappa shape index (κ1) is 18.7. The zero-order valence-corrected chi connectivity index (χ0v) is 16.4. The minimum absolute atomic E-state index is 0.196. The number of carbonyl (C=O) groups excluding carboxylic acids is 1. The average Bonchev–Trinajstić information content (AvgIpc) is 3.11. The number of amides is 1. The number of hydrogen-bond acceptors (Lipinski definition) is 6. The Bertz CT molecular complexity index is 1010. The monoisotopic (exact) mass is 368 g/mol. The lowest BCUT2D eigenvalue weighted by atomic mass is 9.91. The number of nitrogens with zero attached hydrogens (tertiary/aromatic N) is 6. The van der Waals surface area contributed by atoms with Crippen LogP contribution in [0.25, 0.3) is 5.65 Å². The van der Waals surface area contributed by atoms with E-state index < -0.39 is 0 Å². The van der Waals surface area contributed by atoms with Gasteiger partial charge in [0, 0.05) is 24.5 Å². The van der Waals surface area contributed by atoms with Crippen molar-refractivity contribution >= 4 is 28.7 Å². The van der Waals surface area contributed by atoms with Crippen LogP contribution in [-0.2, 0) is 10.2 Å². The molecule has 142 valence electrons. The summed E-state index contributed by atoms with van der Waals surface area (Å²) in [5.41, 5.74) is 2.39. The van der Waals surface area contributed by atoms with Gasteiger partial charge in [-0.15, -0.1) is 15.3 Å². The van der Waals surface area contributed by atoms with Gasteiger partial charge in [0.1, 0.15) is 0 Å². The first-order chi connectivity index (χ1) is 12.7. The van der Waals surface area contributed by atoms with Crippen LogP contribution in [0.3, 0.4) is 0 Å². The SMILES string of the molecule is CC(=O)Nc1cccnc1N=Nc1c(C(C)(C)C)[nH]n2nc(C(C)C)nc12. The van der Waals surface area contributed by atoms with Gasteiger partial charge in [-0.05, 0) is 12.1 Å². The number of aromatic nitrogens is 5. The second-order valence-electron chi connectivity index (χ2n) is 7.70. The van der Waals surface area contributed by atoms with E-state index in [2.05, 4.69) is 56.5 Å². The van der Waals surface area contributed by atoms with Crippen molar-refractivity contribution in [3.63, 3.8) is 0 Å². The topological polar surface area (TPSA) is 113 Å². The van der Waals surface area contributed by atoms with E-state index in [-0.39, 0.29) is 17.2 Å². The number of H-pyrrole nitrogens is 1. The van der Waals surface area contributed by atoms with E-state index in [4.69, 9.17) is 0 Å². The van der Waals surface area contributed by atoms with Gasteiger partial charge in [-0.3, -0.25) is 9.89 Å². The van der Waals surface area contributed by atoms with Crippen LogP contribution in [0.1, 0.15) is 59.0 Å². The summed E-state index contributed by atoms with van der Waals surface area (Å²) >= 11 is 0. The molecular weight excluding hydrogens is 344 g/mol. The average molecular weight is 368 g/mol. The van der Waals surface area contributed by atoms with Gasteiger partial charge in [0.05, 0.1) is 11.4 Å². The standard InChI is InChI=1S/C18H24N8O/c1-10(2)15-21-17-13(14(18(4,5)6)24-26(17)25-15)22-23-16-12(20-11(3)27)8-7-9-19-16/h7-10,24H,1-6H3,(H,20,27). The Morgan fingerprint density at radius 2 is 2.04 bits per heavy atom. The first-order valence-electron chi connectivity index (χ1n) is 8.80. The second kappa shape index (κ2) is 6.90. The van der Waals surface area contributed by atoms with Crippen molar-refractivity contribution in [1.29, 1.82) is 0 Å². The lowest BCUT2D eigenvalue weighted by Gasteiger charge is -2.16. The van der Waals surface area contributed by atoms with Crippen molar-refractivity contribution in [2.24, 2.45) is 10.2 Å². The third kappa shape index (κ3) is 3.86. The molecule has 0 spiro atoms. The summed E-state index contributed by atoms with van der Waals surface area (Å²) in [6.45, 7) is 11.7. The fourth-order valence-electron chi connectivity index (χ4n) is 2.55. The van der Waals surface area contributed by atoms with Crippen LogP contribution in [0, 0.1) is 0 Å². The van der Waals surface area contributed by atoms with Crippen LogP contribution in [0.2, 0.25) is 0 Å². The summed E-state index contributed by atoms with van der Waals surface area (Å²) in [7, 11) is 0. The van der Waals surface area contributed by atoms with E-state index in [0.29, 0.717) is 22.8 Å². The van der Waals surface area contributed by atoms with E-state index >= 15 is 0 Å². The van der Waals surface area contributed by atoms with Crippen molar-refractivity contribution in [1.82, 2.24) is 24.8 Å². The van der Waals surface area contributed by atoms with Gasteiger partial charge in [-0.1, -0.05) is 34.6 Å². The molecule has 0 radical (unpaired) electrons. The summed E-state index contributed by atoms with van der Waals surface area (Å²) in [4.78, 5) is 20.2. The predicted octanol–water partition coefficient (Wildman–Crippen LogP) is 4.25. The number of hydrogen-bond donors (Lipinski definition) is 2. The summed E-state index contributed by atoms with van der Waals surface area (Å²) in [6, 6.07) is 3.46. The molecule has 0 aromatic carbocycles. The van der Waals surface area contributed by atoms with E-state index in [1.165, 1.54) is 6.92 Å². The summed E-state index contributed by atoms with van der Waals surface area (Å²) in [5.74, 6) is 1.06. The first-order valence-corrected chi connectivity index (χ1v) is 8.80. The minimum atomic E-state index is -0.209. The number of pyridine rings is 1. The molecule has 1 amide bonds. The molecule has 0 bridgehead atoms. The maximum atomic E-state index is 11.4. The van der Waals surface area contributed by atoms with Gasteiger partial charge < -0.3 is 5.32 Å². The third-order valence-corrected chi connectivity index (χ3v) is 3.90. The van der Waals surface area contributed by atoms with E-state index in [1.807, 2.05) is 13.8 Å². The highest BCUT2D eigenvalue weighted by atomic mass is 16.1. The summed E-state index contributed by atoms with van der Waals surface area (Å²) in [6.07, 6.45) is 1.60. The zero-order valence-electron chi connectivity index (χ0n) is 16.4. The number of azo groups is 1. The highest BCUT2D eigenvalue weighted by molar-refractivity contribution is 5.91. The van der Waals surface area contributed by atoms with Crippen LogP contribution in [0.15, 0.2) is 28.6 Å².